The van der Waals surface area contributed by atoms with Gasteiger partial charge in [-0.2, -0.15) is 10.1 Å². The third kappa shape index (κ3) is 6.34. The summed E-state index contributed by atoms with van der Waals surface area (Å²) in [5.74, 6) is 2.26. The van der Waals surface area contributed by atoms with Crippen LogP contribution in [0.15, 0.2) is 48.9 Å². The second-order valence-electron chi connectivity index (χ2n) is 11.7. The van der Waals surface area contributed by atoms with Crippen LogP contribution in [0, 0.1) is 13.8 Å². The van der Waals surface area contributed by atoms with Gasteiger partial charge >= 0.3 is 0 Å². The Hall–Kier alpha value is -5.08. The van der Waals surface area contributed by atoms with Crippen molar-refractivity contribution in [3.05, 3.63) is 60.2 Å². The van der Waals surface area contributed by atoms with E-state index in [9.17, 15) is 4.79 Å². The van der Waals surface area contributed by atoms with Crippen molar-refractivity contribution in [3.8, 4) is 17.1 Å². The largest absolute Gasteiger partial charge is 0.473 e. The maximum Gasteiger partial charge on any atom is 0.238 e. The van der Waals surface area contributed by atoms with E-state index in [1.807, 2.05) is 51.4 Å². The Morgan fingerprint density at radius 3 is 2.83 bits per heavy atom. The van der Waals surface area contributed by atoms with Gasteiger partial charge in [-0.1, -0.05) is 12.1 Å². The van der Waals surface area contributed by atoms with Gasteiger partial charge in [-0.05, 0) is 31.9 Å². The number of morpholine rings is 1. The minimum Gasteiger partial charge on any atom is -0.473 e. The highest BCUT2D eigenvalue weighted by Gasteiger charge is 2.27. The first-order valence-electron chi connectivity index (χ1n) is 15.5. The second kappa shape index (κ2) is 12.7. The first-order valence-corrected chi connectivity index (χ1v) is 15.5. The lowest BCUT2D eigenvalue weighted by molar-refractivity contribution is -0.117. The molecule has 1 amide bonds. The van der Waals surface area contributed by atoms with Crippen LogP contribution in [0.25, 0.3) is 22.2 Å². The topological polar surface area (TPSA) is 151 Å². The van der Waals surface area contributed by atoms with Crippen LogP contribution in [0.3, 0.4) is 0 Å². The third-order valence-corrected chi connectivity index (χ3v) is 8.37. The van der Waals surface area contributed by atoms with Crippen LogP contribution in [0.2, 0.25) is 0 Å². The molecule has 1 unspecified atom stereocenters. The standard InChI is InChI=1S/C32H37N11O3/c1-20-16-35-31(37-26-15-21(2)41(3)40-26)39-29(20)24-17-34-30-23(24)5-4-6-25(30)36-27(44)19-42-10-8-22(18-42)46-28-7-9-33-32(38-28)43-11-13-45-14-12-43/h4-7,9,15-17,22,34H,8,10-14,18-19H2,1-3H3,(H,36,44)(H,35,37,39,40). The lowest BCUT2D eigenvalue weighted by Crippen LogP contribution is -2.37. The van der Waals surface area contributed by atoms with Gasteiger partial charge in [0.2, 0.25) is 23.7 Å². The summed E-state index contributed by atoms with van der Waals surface area (Å²) in [6.45, 7) is 8.50. The fourth-order valence-corrected chi connectivity index (χ4v) is 5.88. The number of aromatic nitrogens is 7. The smallest absolute Gasteiger partial charge is 0.238 e. The Morgan fingerprint density at radius 2 is 2.00 bits per heavy atom. The number of carbonyl (C=O) groups is 1. The number of fused-ring (bicyclic) bond motifs is 1. The van der Waals surface area contributed by atoms with Crippen LogP contribution in [-0.4, -0.2) is 97.5 Å². The zero-order valence-corrected chi connectivity index (χ0v) is 26.2. The van der Waals surface area contributed by atoms with E-state index in [4.69, 9.17) is 14.5 Å². The Labute approximate surface area is 266 Å². The highest BCUT2D eigenvalue weighted by molar-refractivity contribution is 6.06. The normalized spacial score (nSPS) is 17.0. The Bertz CT molecular complexity index is 1840. The SMILES string of the molecule is Cc1cnc(Nc2cc(C)n(C)n2)nc1-c1c[nH]c2c(NC(=O)CN3CCC(Oc4ccnc(N5CCOCC5)n4)C3)cccc12. The highest BCUT2D eigenvalue weighted by Crippen LogP contribution is 2.33. The molecule has 6 heterocycles. The zero-order chi connectivity index (χ0) is 31.6. The van der Waals surface area contributed by atoms with Crippen molar-refractivity contribution in [1.29, 1.82) is 0 Å². The van der Waals surface area contributed by atoms with Crippen LogP contribution in [0.1, 0.15) is 17.7 Å². The van der Waals surface area contributed by atoms with E-state index in [-0.39, 0.29) is 18.6 Å². The summed E-state index contributed by atoms with van der Waals surface area (Å²) in [5.41, 5.74) is 5.23. The summed E-state index contributed by atoms with van der Waals surface area (Å²) in [6, 6.07) is 9.59. The van der Waals surface area contributed by atoms with Crippen molar-refractivity contribution < 1.29 is 14.3 Å². The first-order chi connectivity index (χ1) is 22.4. The van der Waals surface area contributed by atoms with Gasteiger partial charge in [-0.3, -0.25) is 14.4 Å². The maximum atomic E-state index is 13.2. The predicted octanol–water partition coefficient (Wildman–Crippen LogP) is 3.44. The number of benzene rings is 1. The molecular formula is C32H37N11O3. The summed E-state index contributed by atoms with van der Waals surface area (Å²) >= 11 is 0. The lowest BCUT2D eigenvalue weighted by Gasteiger charge is -2.26. The molecule has 7 rings (SSSR count). The minimum atomic E-state index is -0.0868. The maximum absolute atomic E-state index is 13.2. The van der Waals surface area contributed by atoms with Gasteiger partial charge in [0.05, 0.1) is 36.7 Å². The monoisotopic (exact) mass is 623 g/mol. The minimum absolute atomic E-state index is 0.0492. The van der Waals surface area contributed by atoms with Crippen LogP contribution in [0.5, 0.6) is 5.88 Å². The van der Waals surface area contributed by atoms with Gasteiger partial charge in [0.25, 0.3) is 0 Å². The number of hydrogen-bond acceptors (Lipinski definition) is 11. The van der Waals surface area contributed by atoms with Gasteiger partial charge in [-0.15, -0.1) is 0 Å². The van der Waals surface area contributed by atoms with Gasteiger partial charge in [0.15, 0.2) is 5.82 Å². The van der Waals surface area contributed by atoms with Crippen molar-refractivity contribution in [2.45, 2.75) is 26.4 Å². The molecule has 238 valence electrons. The van der Waals surface area contributed by atoms with E-state index in [2.05, 4.69) is 45.5 Å². The van der Waals surface area contributed by atoms with E-state index < -0.39 is 0 Å². The summed E-state index contributed by atoms with van der Waals surface area (Å²) in [7, 11) is 1.89. The molecule has 2 aliphatic heterocycles. The molecule has 0 spiro atoms. The number of carbonyl (C=O) groups excluding carboxylic acids is 1. The predicted molar refractivity (Wildman–Crippen MR) is 174 cm³/mol. The Kier molecular flexibility index (Phi) is 8.20. The van der Waals surface area contributed by atoms with Crippen LogP contribution in [-0.2, 0) is 16.6 Å². The molecule has 46 heavy (non-hydrogen) atoms. The molecule has 14 heteroatoms. The number of nitrogens with one attached hydrogen (secondary N) is 3. The molecule has 1 aromatic carbocycles. The quantitative estimate of drug-likeness (QED) is 0.222. The van der Waals surface area contributed by atoms with Gasteiger partial charge < -0.3 is 30.0 Å². The van der Waals surface area contributed by atoms with Gasteiger partial charge in [-0.25, -0.2) is 15.0 Å². The molecule has 0 bridgehead atoms. The number of amides is 1. The number of ether oxygens (including phenoxy) is 2. The summed E-state index contributed by atoms with van der Waals surface area (Å²) < 4.78 is 13.4. The Balaban J connectivity index is 0.991. The van der Waals surface area contributed by atoms with Crippen LogP contribution >= 0.6 is 0 Å². The van der Waals surface area contributed by atoms with Crippen molar-refractivity contribution in [1.82, 2.24) is 39.6 Å². The summed E-state index contributed by atoms with van der Waals surface area (Å²) in [4.78, 5) is 39.0. The van der Waals surface area contributed by atoms with Crippen LogP contribution in [0.4, 0.5) is 23.4 Å². The number of para-hydroxylation sites is 1. The number of rotatable bonds is 9. The number of anilines is 4. The molecule has 0 saturated carbocycles. The summed E-state index contributed by atoms with van der Waals surface area (Å²) in [6.07, 6.45) is 6.21. The number of hydrogen-bond donors (Lipinski definition) is 3. The van der Waals surface area contributed by atoms with Crippen molar-refractivity contribution in [2.75, 3.05) is 61.5 Å². The van der Waals surface area contributed by atoms with E-state index >= 15 is 0 Å². The number of H-pyrrole nitrogens is 1. The van der Waals surface area contributed by atoms with E-state index in [0.717, 1.165) is 59.5 Å². The molecule has 4 aromatic heterocycles. The molecule has 14 nitrogen and oxygen atoms in total. The zero-order valence-electron chi connectivity index (χ0n) is 26.2. The van der Waals surface area contributed by atoms with Gasteiger partial charge in [0, 0.05) is 80.6 Å². The molecule has 1 atom stereocenters. The van der Waals surface area contributed by atoms with E-state index in [0.29, 0.717) is 49.0 Å². The molecule has 0 radical (unpaired) electrons. The number of aryl methyl sites for hydroxylation is 3. The first kappa shape index (κ1) is 29.6. The van der Waals surface area contributed by atoms with E-state index in [1.165, 1.54) is 0 Å². The average Bonchev–Trinajstić information content (AvgIpc) is 3.77. The molecule has 5 aromatic rings. The molecule has 3 N–H and O–H groups in total. The van der Waals surface area contributed by atoms with Gasteiger partial charge in [0.1, 0.15) is 6.10 Å². The van der Waals surface area contributed by atoms with Crippen molar-refractivity contribution in [2.24, 2.45) is 7.05 Å². The van der Waals surface area contributed by atoms with Crippen molar-refractivity contribution >= 4 is 40.2 Å². The average molecular weight is 624 g/mol. The molecular weight excluding hydrogens is 586 g/mol. The fraction of sp³-hybridized carbons (Fsp3) is 0.375. The number of likely N-dealkylation sites (tertiary alicyclic amines) is 1. The second-order valence-corrected chi connectivity index (χ2v) is 11.7. The molecule has 2 aliphatic rings. The third-order valence-electron chi connectivity index (χ3n) is 8.37. The number of nitrogens with zero attached hydrogens (tertiary/aromatic N) is 8. The fourth-order valence-electron chi connectivity index (χ4n) is 5.88. The van der Waals surface area contributed by atoms with Crippen molar-refractivity contribution in [3.63, 3.8) is 0 Å². The molecule has 0 aliphatic carbocycles. The highest BCUT2D eigenvalue weighted by atomic mass is 16.5. The molecule has 2 fully saturated rings. The number of aromatic amines is 1. The van der Waals surface area contributed by atoms with E-state index in [1.54, 1.807) is 23.1 Å². The summed E-state index contributed by atoms with van der Waals surface area (Å²) in [5, 5.41) is 11.7. The van der Waals surface area contributed by atoms with Crippen LogP contribution < -0.4 is 20.3 Å². The Morgan fingerprint density at radius 1 is 1.13 bits per heavy atom. The lowest BCUT2D eigenvalue weighted by atomic mass is 10.1. The molecule has 2 saturated heterocycles.